The summed E-state index contributed by atoms with van der Waals surface area (Å²) in [5.74, 6) is 0. The lowest BCUT2D eigenvalue weighted by Gasteiger charge is -2.40. The highest BCUT2D eigenvalue weighted by molar-refractivity contribution is 5.02. The van der Waals surface area contributed by atoms with Crippen LogP contribution in [0, 0.1) is 0 Å². The zero-order valence-corrected chi connectivity index (χ0v) is 18.3. The second-order valence-electron chi connectivity index (χ2n) is 8.44. The van der Waals surface area contributed by atoms with Crippen LogP contribution < -0.4 is 0 Å². The maximum absolute atomic E-state index is 10.2. The van der Waals surface area contributed by atoms with E-state index in [1.807, 2.05) is 26.8 Å². The van der Waals surface area contributed by atoms with Gasteiger partial charge in [-0.15, -0.1) is 0 Å². The van der Waals surface area contributed by atoms with Gasteiger partial charge >= 0.3 is 0 Å². The van der Waals surface area contributed by atoms with Crippen molar-refractivity contribution in [1.82, 2.24) is 0 Å². The van der Waals surface area contributed by atoms with Crippen LogP contribution in [0.15, 0.2) is 23.3 Å². The Hall–Kier alpha value is -0.920. The molecule has 6 N–H and O–H groups in total. The summed E-state index contributed by atoms with van der Waals surface area (Å²) in [6.07, 6.45) is -3.70. The van der Waals surface area contributed by atoms with E-state index in [9.17, 15) is 25.5 Å². The number of allylic oxidation sites excluding steroid dienone is 3. The maximum atomic E-state index is 10.2. The summed E-state index contributed by atoms with van der Waals surface area (Å²) in [6.45, 7) is 4.84. The molecule has 0 aliphatic carbocycles. The van der Waals surface area contributed by atoms with Crippen LogP contribution in [-0.2, 0) is 18.9 Å². The Morgan fingerprint density at radius 2 is 1.71 bits per heavy atom. The number of rotatable bonds is 10. The van der Waals surface area contributed by atoms with Crippen molar-refractivity contribution >= 4 is 0 Å². The number of hydrogen-bond acceptors (Lipinski definition) is 10. The number of ether oxygens (including phenoxy) is 4. The average Bonchev–Trinajstić information content (AvgIpc) is 3.01. The van der Waals surface area contributed by atoms with Crippen LogP contribution in [0.5, 0.6) is 0 Å². The Morgan fingerprint density at radius 3 is 2.32 bits per heavy atom. The lowest BCUT2D eigenvalue weighted by atomic mass is 9.99. The summed E-state index contributed by atoms with van der Waals surface area (Å²) in [5, 5.41) is 59.7. The molecule has 0 unspecified atom stereocenters. The molecule has 0 aromatic heterocycles. The topological polar surface area (TPSA) is 158 Å². The predicted octanol–water partition coefficient (Wildman–Crippen LogP) is -1.04. The van der Waals surface area contributed by atoms with E-state index in [2.05, 4.69) is 6.08 Å². The van der Waals surface area contributed by atoms with Gasteiger partial charge in [-0.2, -0.15) is 0 Å². The summed E-state index contributed by atoms with van der Waals surface area (Å²) in [7, 11) is 0. The van der Waals surface area contributed by atoms with Crippen LogP contribution in [0.4, 0.5) is 0 Å². The lowest BCUT2D eigenvalue weighted by molar-refractivity contribution is -0.307. The first kappa shape index (κ1) is 26.3. The first-order chi connectivity index (χ1) is 14.6. The molecule has 2 heterocycles. The van der Waals surface area contributed by atoms with Crippen molar-refractivity contribution in [2.45, 2.75) is 82.3 Å². The maximum Gasteiger partial charge on any atom is 0.187 e. The quantitative estimate of drug-likeness (QED) is 0.228. The van der Waals surface area contributed by atoms with E-state index >= 15 is 0 Å². The average molecular weight is 449 g/mol. The van der Waals surface area contributed by atoms with Crippen LogP contribution in [0.2, 0.25) is 0 Å². The summed E-state index contributed by atoms with van der Waals surface area (Å²) in [4.78, 5) is 0. The Bertz CT molecular complexity index is 619. The predicted molar refractivity (Wildman–Crippen MR) is 109 cm³/mol. The van der Waals surface area contributed by atoms with Gasteiger partial charge in [-0.25, -0.2) is 0 Å². The Morgan fingerprint density at radius 1 is 1.00 bits per heavy atom. The Balaban J connectivity index is 1.86. The van der Waals surface area contributed by atoms with E-state index in [0.29, 0.717) is 0 Å². The molecular weight excluding hydrogens is 412 g/mol. The molecular formula is C21H36O10. The highest BCUT2D eigenvalue weighted by atomic mass is 16.7. The van der Waals surface area contributed by atoms with E-state index in [1.165, 1.54) is 5.57 Å². The zero-order chi connectivity index (χ0) is 23.2. The molecule has 2 aliphatic heterocycles. The van der Waals surface area contributed by atoms with Crippen LogP contribution in [0.25, 0.3) is 0 Å². The van der Waals surface area contributed by atoms with Crippen molar-refractivity contribution in [1.29, 1.82) is 0 Å². The minimum absolute atomic E-state index is 0.146. The molecule has 10 nitrogen and oxygen atoms in total. The number of aliphatic hydroxyl groups is 6. The first-order valence-corrected chi connectivity index (χ1v) is 10.4. The minimum atomic E-state index is -1.84. The fraction of sp³-hybridized carbons (Fsp3) is 0.810. The molecule has 0 aromatic rings. The van der Waals surface area contributed by atoms with E-state index in [0.717, 1.165) is 18.4 Å². The molecule has 2 saturated heterocycles. The molecule has 0 aromatic carbocycles. The summed E-state index contributed by atoms with van der Waals surface area (Å²) < 4.78 is 21.6. The largest absolute Gasteiger partial charge is 0.393 e. The number of hydrogen-bond donors (Lipinski definition) is 6. The molecule has 31 heavy (non-hydrogen) atoms. The van der Waals surface area contributed by atoms with Gasteiger partial charge in [0, 0.05) is 0 Å². The zero-order valence-electron chi connectivity index (χ0n) is 18.3. The monoisotopic (exact) mass is 448 g/mol. The summed E-state index contributed by atoms with van der Waals surface area (Å²) in [5.41, 5.74) is 0.514. The molecule has 180 valence electrons. The Labute approximate surface area is 182 Å². The van der Waals surface area contributed by atoms with Crippen LogP contribution in [0.1, 0.15) is 33.6 Å². The summed E-state index contributed by atoms with van der Waals surface area (Å²) >= 11 is 0. The van der Waals surface area contributed by atoms with Gasteiger partial charge in [0.1, 0.15) is 36.1 Å². The first-order valence-electron chi connectivity index (χ1n) is 10.4. The molecule has 10 heteroatoms. The molecule has 0 radical (unpaired) electrons. The van der Waals surface area contributed by atoms with Gasteiger partial charge in [-0.1, -0.05) is 23.3 Å². The van der Waals surface area contributed by atoms with Crippen LogP contribution in [-0.4, -0.2) is 106 Å². The van der Waals surface area contributed by atoms with Crippen molar-refractivity contribution in [2.24, 2.45) is 0 Å². The van der Waals surface area contributed by atoms with Crippen molar-refractivity contribution in [3.8, 4) is 0 Å². The van der Waals surface area contributed by atoms with Crippen LogP contribution >= 0.6 is 0 Å². The van der Waals surface area contributed by atoms with Gasteiger partial charge in [-0.05, 0) is 33.6 Å². The van der Waals surface area contributed by atoms with Crippen molar-refractivity contribution < 1.29 is 49.6 Å². The fourth-order valence-electron chi connectivity index (χ4n) is 3.29. The lowest BCUT2D eigenvalue weighted by Crippen LogP contribution is -2.59. The SMILES string of the molecule is CC(C)=CCC/C(C)=C\CO[C@@H]1O[C@H](CO[C@@H]2OC[C@](O)(CO)[C@H]2O)[C@@H](O)[C@H](O)[C@H]1O. The molecule has 0 bridgehead atoms. The van der Waals surface area contributed by atoms with Gasteiger partial charge in [0.15, 0.2) is 12.6 Å². The minimum Gasteiger partial charge on any atom is -0.393 e. The van der Waals surface area contributed by atoms with E-state index in [4.69, 9.17) is 24.1 Å². The third-order valence-corrected chi connectivity index (χ3v) is 5.46. The molecule has 8 atom stereocenters. The second kappa shape index (κ2) is 11.8. The van der Waals surface area contributed by atoms with Crippen molar-refractivity contribution in [2.75, 3.05) is 26.4 Å². The fourth-order valence-corrected chi connectivity index (χ4v) is 3.29. The van der Waals surface area contributed by atoms with E-state index in [1.54, 1.807) is 0 Å². The molecule has 2 aliphatic rings. The molecule has 2 rings (SSSR count). The third-order valence-electron chi connectivity index (χ3n) is 5.46. The van der Waals surface area contributed by atoms with Gasteiger partial charge in [0.25, 0.3) is 0 Å². The summed E-state index contributed by atoms with van der Waals surface area (Å²) in [6, 6.07) is 0. The van der Waals surface area contributed by atoms with E-state index in [-0.39, 0.29) is 19.8 Å². The van der Waals surface area contributed by atoms with Crippen molar-refractivity contribution in [3.05, 3.63) is 23.3 Å². The van der Waals surface area contributed by atoms with Gasteiger partial charge in [0.2, 0.25) is 0 Å². The molecule has 0 amide bonds. The standard InChI is InChI=1S/C21H36O10/c1-12(2)5-4-6-13(3)7-8-28-19-17(25)16(24)15(23)14(31-19)9-29-20-18(26)21(27,10-22)11-30-20/h5,7,14-20,22-27H,4,6,8-11H2,1-3H3/b13-7-/t14-,15-,16+,17-,18+,19-,20-,21-/m1/s1. The van der Waals surface area contributed by atoms with Crippen molar-refractivity contribution in [3.63, 3.8) is 0 Å². The molecule has 0 saturated carbocycles. The molecule has 0 spiro atoms. The van der Waals surface area contributed by atoms with E-state index < -0.39 is 55.3 Å². The van der Waals surface area contributed by atoms with Gasteiger partial charge < -0.3 is 49.6 Å². The van der Waals surface area contributed by atoms with Crippen LogP contribution in [0.3, 0.4) is 0 Å². The molecule has 2 fully saturated rings. The number of aliphatic hydroxyl groups excluding tert-OH is 5. The normalized spacial score (nSPS) is 39.0. The van der Waals surface area contributed by atoms with Gasteiger partial charge in [0.05, 0.1) is 26.4 Å². The second-order valence-corrected chi connectivity index (χ2v) is 8.44. The smallest absolute Gasteiger partial charge is 0.187 e. The van der Waals surface area contributed by atoms with Gasteiger partial charge in [-0.3, -0.25) is 0 Å². The Kier molecular flexibility index (Phi) is 10.0. The highest BCUT2D eigenvalue weighted by Gasteiger charge is 2.50. The highest BCUT2D eigenvalue weighted by Crippen LogP contribution is 2.27. The third kappa shape index (κ3) is 7.03.